The lowest BCUT2D eigenvalue weighted by molar-refractivity contribution is -0.139. The minimum absolute atomic E-state index is 0.133. The summed E-state index contributed by atoms with van der Waals surface area (Å²) in [4.78, 5) is 26.8. The number of piperidine rings is 1. The molecule has 1 aliphatic carbocycles. The molecule has 0 bridgehead atoms. The highest BCUT2D eigenvalue weighted by molar-refractivity contribution is 7.89. The van der Waals surface area contributed by atoms with Crippen molar-refractivity contribution in [2.24, 2.45) is 5.92 Å². The molecule has 0 unspecified atom stereocenters. The molecule has 2 heterocycles. The molecule has 30 heavy (non-hydrogen) atoms. The second-order valence-electron chi connectivity index (χ2n) is 7.93. The van der Waals surface area contributed by atoms with Gasteiger partial charge in [-0.1, -0.05) is 19.3 Å². The van der Waals surface area contributed by atoms with Gasteiger partial charge in [-0.3, -0.25) is 4.79 Å². The fourth-order valence-corrected chi connectivity index (χ4v) is 5.84. The van der Waals surface area contributed by atoms with Crippen LogP contribution in [0.2, 0.25) is 0 Å². The minimum Gasteiger partial charge on any atom is -0.460 e. The van der Waals surface area contributed by atoms with Gasteiger partial charge in [0.15, 0.2) is 0 Å². The van der Waals surface area contributed by atoms with E-state index in [1.165, 1.54) is 35.7 Å². The van der Waals surface area contributed by atoms with Crippen LogP contribution in [0.3, 0.4) is 0 Å². The van der Waals surface area contributed by atoms with E-state index < -0.39 is 16.0 Å². The Morgan fingerprint density at radius 1 is 1.10 bits per heavy atom. The van der Waals surface area contributed by atoms with Crippen molar-refractivity contribution < 1.29 is 27.2 Å². The van der Waals surface area contributed by atoms with E-state index >= 15 is 0 Å². The number of rotatable bonds is 7. The van der Waals surface area contributed by atoms with Gasteiger partial charge in [0.05, 0.1) is 6.61 Å². The summed E-state index contributed by atoms with van der Waals surface area (Å²) >= 11 is 0. The van der Waals surface area contributed by atoms with Crippen LogP contribution in [0.25, 0.3) is 0 Å². The van der Waals surface area contributed by atoms with Gasteiger partial charge in [-0.25, -0.2) is 13.2 Å². The predicted molar refractivity (Wildman–Crippen MR) is 110 cm³/mol. The molecule has 2 fully saturated rings. The number of esters is 1. The number of hydrogen-bond donors (Lipinski definition) is 0. The Morgan fingerprint density at radius 2 is 1.77 bits per heavy atom. The van der Waals surface area contributed by atoms with Crippen molar-refractivity contribution in [1.82, 2.24) is 9.21 Å². The quantitative estimate of drug-likeness (QED) is 0.605. The first-order valence-corrected chi connectivity index (χ1v) is 12.4. The standard InChI is InChI=1S/C21H32N2O6S/c1-3-23(17-8-6-5-7-9-17)20(24)16-12-14-22(15-13-16)30(26,27)19-11-10-18(29-19)21(25)28-4-2/h10-11,16-17H,3-9,12-15H2,1-2H3. The van der Waals surface area contributed by atoms with Crippen molar-refractivity contribution in [3.05, 3.63) is 17.9 Å². The molecule has 0 radical (unpaired) electrons. The molecule has 168 valence electrons. The van der Waals surface area contributed by atoms with Crippen LogP contribution >= 0.6 is 0 Å². The summed E-state index contributed by atoms with van der Waals surface area (Å²) in [5.74, 6) is -0.814. The van der Waals surface area contributed by atoms with Crippen LogP contribution in [-0.4, -0.2) is 61.8 Å². The third kappa shape index (κ3) is 4.88. The molecule has 1 saturated carbocycles. The molecule has 1 amide bonds. The normalized spacial score (nSPS) is 19.5. The number of ether oxygens (including phenoxy) is 1. The number of amides is 1. The van der Waals surface area contributed by atoms with Crippen LogP contribution in [0.15, 0.2) is 21.6 Å². The Kier molecular flexibility index (Phi) is 7.57. The molecule has 1 aliphatic heterocycles. The molecular weight excluding hydrogens is 408 g/mol. The van der Waals surface area contributed by atoms with Crippen molar-refractivity contribution >= 4 is 21.9 Å². The van der Waals surface area contributed by atoms with E-state index in [1.807, 2.05) is 11.8 Å². The summed E-state index contributed by atoms with van der Waals surface area (Å²) < 4.78 is 37.2. The smallest absolute Gasteiger partial charge is 0.374 e. The maximum Gasteiger partial charge on any atom is 0.374 e. The summed E-state index contributed by atoms with van der Waals surface area (Å²) in [5.41, 5.74) is 0. The summed E-state index contributed by atoms with van der Waals surface area (Å²) in [6.07, 6.45) is 6.69. The summed E-state index contributed by atoms with van der Waals surface area (Å²) in [7, 11) is -3.85. The van der Waals surface area contributed by atoms with E-state index in [9.17, 15) is 18.0 Å². The Bertz CT molecular complexity index is 835. The average molecular weight is 441 g/mol. The molecule has 0 atom stereocenters. The highest BCUT2D eigenvalue weighted by Gasteiger charge is 2.36. The average Bonchev–Trinajstić information content (AvgIpc) is 3.27. The zero-order chi connectivity index (χ0) is 21.7. The van der Waals surface area contributed by atoms with E-state index in [-0.39, 0.29) is 42.4 Å². The SMILES string of the molecule is CCOC(=O)c1ccc(S(=O)(=O)N2CCC(C(=O)N(CC)C3CCCCC3)CC2)o1. The maximum absolute atomic E-state index is 13.1. The first-order valence-electron chi connectivity index (χ1n) is 11.0. The van der Waals surface area contributed by atoms with Crippen molar-refractivity contribution in [3.8, 4) is 0 Å². The Labute approximate surface area is 178 Å². The number of furan rings is 1. The van der Waals surface area contributed by atoms with Gasteiger partial charge in [0, 0.05) is 31.6 Å². The Morgan fingerprint density at radius 3 is 2.37 bits per heavy atom. The van der Waals surface area contributed by atoms with Gasteiger partial charge in [0.25, 0.3) is 10.0 Å². The monoisotopic (exact) mass is 440 g/mol. The van der Waals surface area contributed by atoms with Gasteiger partial charge in [-0.2, -0.15) is 4.31 Å². The summed E-state index contributed by atoms with van der Waals surface area (Å²) in [5, 5.41) is -0.271. The van der Waals surface area contributed by atoms with Gasteiger partial charge < -0.3 is 14.1 Å². The first kappa shape index (κ1) is 22.8. The summed E-state index contributed by atoms with van der Waals surface area (Å²) in [6.45, 7) is 5.08. The molecule has 0 aromatic carbocycles. The summed E-state index contributed by atoms with van der Waals surface area (Å²) in [6, 6.07) is 2.91. The molecule has 2 aliphatic rings. The van der Waals surface area contributed by atoms with Crippen LogP contribution in [0, 0.1) is 5.92 Å². The predicted octanol–water partition coefficient (Wildman–Crippen LogP) is 3.04. The van der Waals surface area contributed by atoms with E-state index in [2.05, 4.69) is 0 Å². The molecule has 8 nitrogen and oxygen atoms in total. The molecule has 0 N–H and O–H groups in total. The van der Waals surface area contributed by atoms with Gasteiger partial charge in [-0.05, 0) is 51.7 Å². The molecule has 1 aromatic rings. The third-order valence-corrected chi connectivity index (χ3v) is 7.87. The van der Waals surface area contributed by atoms with Gasteiger partial charge in [-0.15, -0.1) is 0 Å². The number of nitrogens with zero attached hydrogens (tertiary/aromatic N) is 2. The molecule has 9 heteroatoms. The number of hydrogen-bond acceptors (Lipinski definition) is 6. The molecule has 3 rings (SSSR count). The third-order valence-electron chi connectivity index (χ3n) is 6.09. The fourth-order valence-electron chi connectivity index (χ4n) is 4.46. The number of sulfonamides is 1. The highest BCUT2D eigenvalue weighted by atomic mass is 32.2. The lowest BCUT2D eigenvalue weighted by Gasteiger charge is -2.38. The van der Waals surface area contributed by atoms with Gasteiger partial charge in [0.1, 0.15) is 0 Å². The Hall–Kier alpha value is -1.87. The van der Waals surface area contributed by atoms with Crippen LogP contribution in [0.1, 0.15) is 69.3 Å². The Balaban J connectivity index is 1.61. The number of carbonyl (C=O) groups excluding carboxylic acids is 2. The maximum atomic E-state index is 13.1. The highest BCUT2D eigenvalue weighted by Crippen LogP contribution is 2.29. The van der Waals surface area contributed by atoms with Crippen LogP contribution in [0.5, 0.6) is 0 Å². The molecule has 0 spiro atoms. The van der Waals surface area contributed by atoms with Crippen LogP contribution < -0.4 is 0 Å². The van der Waals surface area contributed by atoms with Crippen molar-refractivity contribution in [2.45, 2.75) is 69.9 Å². The van der Waals surface area contributed by atoms with Crippen LogP contribution in [-0.2, 0) is 19.6 Å². The molecule has 1 saturated heterocycles. The lowest BCUT2D eigenvalue weighted by Crippen LogP contribution is -2.48. The van der Waals surface area contributed by atoms with E-state index in [0.717, 1.165) is 12.8 Å². The van der Waals surface area contributed by atoms with Crippen molar-refractivity contribution in [2.75, 3.05) is 26.2 Å². The second-order valence-corrected chi connectivity index (χ2v) is 9.80. The van der Waals surface area contributed by atoms with E-state index in [4.69, 9.17) is 9.15 Å². The van der Waals surface area contributed by atoms with Crippen LogP contribution in [0.4, 0.5) is 0 Å². The fraction of sp³-hybridized carbons (Fsp3) is 0.714. The lowest BCUT2D eigenvalue weighted by atomic mass is 9.91. The zero-order valence-electron chi connectivity index (χ0n) is 17.8. The van der Waals surface area contributed by atoms with E-state index in [1.54, 1.807) is 6.92 Å². The second kappa shape index (κ2) is 9.96. The van der Waals surface area contributed by atoms with Crippen molar-refractivity contribution in [3.63, 3.8) is 0 Å². The first-order chi connectivity index (χ1) is 14.4. The van der Waals surface area contributed by atoms with Gasteiger partial charge >= 0.3 is 5.97 Å². The van der Waals surface area contributed by atoms with Gasteiger partial charge in [0.2, 0.25) is 16.8 Å². The molecule has 1 aromatic heterocycles. The zero-order valence-corrected chi connectivity index (χ0v) is 18.7. The topological polar surface area (TPSA) is 97.1 Å². The van der Waals surface area contributed by atoms with E-state index in [0.29, 0.717) is 25.4 Å². The minimum atomic E-state index is -3.85. The van der Waals surface area contributed by atoms with Crippen molar-refractivity contribution in [1.29, 1.82) is 0 Å². The number of carbonyl (C=O) groups is 2. The largest absolute Gasteiger partial charge is 0.460 e. The molecular formula is C21H32N2O6S.